The minimum atomic E-state index is -0.714. The van der Waals surface area contributed by atoms with Gasteiger partial charge in [-0.05, 0) is 12.8 Å². The SMILES string of the molecule is O=C(O)CCCCCCCCCCC(=O)O.[Ni]. The van der Waals surface area contributed by atoms with Gasteiger partial charge in [-0.1, -0.05) is 38.5 Å². The summed E-state index contributed by atoms with van der Waals surface area (Å²) in [4.78, 5) is 20.4. The Kier molecular flexibility index (Phi) is 14.9. The second-order valence-corrected chi connectivity index (χ2v) is 4.12. The topological polar surface area (TPSA) is 74.6 Å². The summed E-state index contributed by atoms with van der Waals surface area (Å²) in [5.41, 5.74) is 0. The summed E-state index contributed by atoms with van der Waals surface area (Å²) in [5, 5.41) is 16.8. The monoisotopic (exact) mass is 288 g/mol. The Morgan fingerprint density at radius 1 is 0.588 bits per heavy atom. The molecule has 0 aliphatic heterocycles. The molecule has 0 aliphatic carbocycles. The maximum absolute atomic E-state index is 10.2. The zero-order chi connectivity index (χ0) is 12.2. The molecule has 0 amide bonds. The van der Waals surface area contributed by atoms with E-state index in [0.717, 1.165) is 51.4 Å². The molecule has 2 N–H and O–H groups in total. The Morgan fingerprint density at radius 2 is 0.824 bits per heavy atom. The Morgan fingerprint density at radius 3 is 1.06 bits per heavy atom. The number of hydrogen-bond donors (Lipinski definition) is 2. The predicted octanol–water partition coefficient (Wildman–Crippen LogP) is 3.05. The molecule has 17 heavy (non-hydrogen) atoms. The van der Waals surface area contributed by atoms with Crippen molar-refractivity contribution in [1.29, 1.82) is 0 Å². The van der Waals surface area contributed by atoms with Crippen molar-refractivity contribution in [2.24, 2.45) is 0 Å². The molecule has 5 heteroatoms. The second-order valence-electron chi connectivity index (χ2n) is 4.12. The molecule has 4 nitrogen and oxygen atoms in total. The van der Waals surface area contributed by atoms with E-state index in [2.05, 4.69) is 0 Å². The van der Waals surface area contributed by atoms with E-state index in [9.17, 15) is 9.59 Å². The van der Waals surface area contributed by atoms with E-state index in [1.807, 2.05) is 0 Å². The van der Waals surface area contributed by atoms with Gasteiger partial charge in [0.25, 0.3) is 0 Å². The number of carboxylic acids is 2. The Labute approximate surface area is 113 Å². The van der Waals surface area contributed by atoms with Crippen molar-refractivity contribution < 1.29 is 36.3 Å². The van der Waals surface area contributed by atoms with Gasteiger partial charge in [-0.2, -0.15) is 0 Å². The molecule has 0 heterocycles. The van der Waals surface area contributed by atoms with E-state index < -0.39 is 11.9 Å². The molecule has 104 valence electrons. The van der Waals surface area contributed by atoms with Crippen LogP contribution in [-0.4, -0.2) is 22.2 Å². The predicted molar refractivity (Wildman–Crippen MR) is 61.4 cm³/mol. The summed E-state index contributed by atoms with van der Waals surface area (Å²) in [7, 11) is 0. The summed E-state index contributed by atoms with van der Waals surface area (Å²) >= 11 is 0. The third-order valence-electron chi connectivity index (χ3n) is 2.53. The van der Waals surface area contributed by atoms with Crippen molar-refractivity contribution in [3.8, 4) is 0 Å². The summed E-state index contributed by atoms with van der Waals surface area (Å²) in [5.74, 6) is -1.43. The number of hydrogen-bond acceptors (Lipinski definition) is 2. The normalized spacial score (nSPS) is 9.65. The molecule has 0 aliphatic rings. The van der Waals surface area contributed by atoms with E-state index in [1.54, 1.807) is 0 Å². The summed E-state index contributed by atoms with van der Waals surface area (Å²) in [6.07, 6.45) is 8.51. The van der Waals surface area contributed by atoms with Crippen LogP contribution in [0.1, 0.15) is 64.2 Å². The van der Waals surface area contributed by atoms with Crippen LogP contribution in [0.2, 0.25) is 0 Å². The molecule has 0 saturated heterocycles. The minimum absolute atomic E-state index is 0. The molecule has 0 aromatic heterocycles. The molecule has 0 aromatic rings. The number of aliphatic carboxylic acids is 2. The van der Waals surface area contributed by atoms with E-state index in [0.29, 0.717) is 0 Å². The van der Waals surface area contributed by atoms with Crippen LogP contribution in [0.25, 0.3) is 0 Å². The van der Waals surface area contributed by atoms with Crippen molar-refractivity contribution in [2.45, 2.75) is 64.2 Å². The van der Waals surface area contributed by atoms with Gasteiger partial charge < -0.3 is 10.2 Å². The van der Waals surface area contributed by atoms with Crippen LogP contribution in [0.5, 0.6) is 0 Å². The molecule has 0 rings (SSSR count). The minimum Gasteiger partial charge on any atom is -0.481 e. The van der Waals surface area contributed by atoms with Crippen LogP contribution in [0.3, 0.4) is 0 Å². The summed E-state index contributed by atoms with van der Waals surface area (Å²) in [6.45, 7) is 0. The third kappa shape index (κ3) is 18.0. The van der Waals surface area contributed by atoms with Crippen LogP contribution in [0.15, 0.2) is 0 Å². The first kappa shape index (κ1) is 18.8. The zero-order valence-corrected chi connectivity index (χ0v) is 11.1. The van der Waals surface area contributed by atoms with Gasteiger partial charge in [0.1, 0.15) is 0 Å². The third-order valence-corrected chi connectivity index (χ3v) is 2.53. The Bertz CT molecular complexity index is 185. The number of rotatable bonds is 11. The van der Waals surface area contributed by atoms with Crippen LogP contribution >= 0.6 is 0 Å². The van der Waals surface area contributed by atoms with Crippen molar-refractivity contribution in [2.75, 3.05) is 0 Å². The average molecular weight is 289 g/mol. The number of carbonyl (C=O) groups is 2. The van der Waals surface area contributed by atoms with Gasteiger partial charge in [-0.25, -0.2) is 0 Å². The summed E-state index contributed by atoms with van der Waals surface area (Å²) < 4.78 is 0. The quantitative estimate of drug-likeness (QED) is 0.453. The van der Waals surface area contributed by atoms with Gasteiger partial charge in [0.05, 0.1) is 0 Å². The molecular weight excluding hydrogens is 267 g/mol. The fourth-order valence-corrected chi connectivity index (χ4v) is 1.61. The standard InChI is InChI=1S/C12H22O4.Ni/c13-11(14)9-7-5-3-1-2-4-6-8-10-12(15)16;/h1-10H2,(H,13,14)(H,15,16);. The van der Waals surface area contributed by atoms with Crippen LogP contribution in [0.4, 0.5) is 0 Å². The molecule has 0 unspecified atom stereocenters. The zero-order valence-electron chi connectivity index (χ0n) is 10.1. The Hall–Kier alpha value is -0.566. The fourth-order valence-electron chi connectivity index (χ4n) is 1.61. The van der Waals surface area contributed by atoms with E-state index in [4.69, 9.17) is 10.2 Å². The molecule has 0 radical (unpaired) electrons. The fraction of sp³-hybridized carbons (Fsp3) is 0.833. The summed E-state index contributed by atoms with van der Waals surface area (Å²) in [6, 6.07) is 0. The van der Waals surface area contributed by atoms with Crippen molar-refractivity contribution in [3.63, 3.8) is 0 Å². The maximum atomic E-state index is 10.2. The van der Waals surface area contributed by atoms with Gasteiger partial charge in [0.2, 0.25) is 0 Å². The Balaban J connectivity index is 0. The van der Waals surface area contributed by atoms with Gasteiger partial charge >= 0.3 is 11.9 Å². The molecule has 0 saturated carbocycles. The molecule has 0 aromatic carbocycles. The molecular formula is C12H22NiO4. The number of unbranched alkanes of at least 4 members (excludes halogenated alkanes) is 7. The molecule has 0 spiro atoms. The van der Waals surface area contributed by atoms with Gasteiger partial charge in [0.15, 0.2) is 0 Å². The van der Waals surface area contributed by atoms with Crippen LogP contribution < -0.4 is 0 Å². The van der Waals surface area contributed by atoms with Gasteiger partial charge in [-0.3, -0.25) is 9.59 Å². The molecule has 0 atom stereocenters. The second kappa shape index (κ2) is 13.5. The largest absolute Gasteiger partial charge is 0.481 e. The number of carboxylic acid groups (broad SMARTS) is 2. The van der Waals surface area contributed by atoms with Crippen LogP contribution in [0, 0.1) is 0 Å². The van der Waals surface area contributed by atoms with Gasteiger partial charge in [-0.15, -0.1) is 0 Å². The van der Waals surface area contributed by atoms with Crippen molar-refractivity contribution in [3.05, 3.63) is 0 Å². The first-order chi connectivity index (χ1) is 7.63. The maximum Gasteiger partial charge on any atom is 0.303 e. The van der Waals surface area contributed by atoms with E-state index >= 15 is 0 Å². The van der Waals surface area contributed by atoms with Crippen molar-refractivity contribution >= 4 is 11.9 Å². The first-order valence-corrected chi connectivity index (χ1v) is 6.06. The van der Waals surface area contributed by atoms with E-state index in [-0.39, 0.29) is 29.3 Å². The average Bonchev–Trinajstić information content (AvgIpc) is 2.20. The van der Waals surface area contributed by atoms with Crippen molar-refractivity contribution in [1.82, 2.24) is 0 Å². The van der Waals surface area contributed by atoms with E-state index in [1.165, 1.54) is 0 Å². The van der Waals surface area contributed by atoms with Gasteiger partial charge in [0, 0.05) is 29.3 Å². The molecule has 0 bridgehead atoms. The first-order valence-electron chi connectivity index (χ1n) is 6.06. The smallest absolute Gasteiger partial charge is 0.303 e. The molecule has 0 fully saturated rings. The van der Waals surface area contributed by atoms with Crippen LogP contribution in [-0.2, 0) is 26.1 Å².